The molecule has 17 heavy (non-hydrogen) atoms. The fourth-order valence-corrected chi connectivity index (χ4v) is 1.98. The Morgan fingerprint density at radius 2 is 1.65 bits per heavy atom. The number of hydrogen-bond donors (Lipinski definition) is 1. The van der Waals surface area contributed by atoms with Crippen molar-refractivity contribution in [3.63, 3.8) is 0 Å². The summed E-state index contributed by atoms with van der Waals surface area (Å²) in [5.41, 5.74) is 2.08. The molecule has 1 aromatic heterocycles. The zero-order valence-electron chi connectivity index (χ0n) is 11.7. The molecule has 1 aromatic rings. The monoisotopic (exact) mass is 236 g/mol. The Morgan fingerprint density at radius 3 is 2.18 bits per heavy atom. The van der Waals surface area contributed by atoms with Gasteiger partial charge < -0.3 is 5.32 Å². The van der Waals surface area contributed by atoms with Gasteiger partial charge in [-0.05, 0) is 33.1 Å². The molecule has 0 fully saturated rings. The first kappa shape index (κ1) is 13.9. The molecule has 0 atom stereocenters. The van der Waals surface area contributed by atoms with Crippen LogP contribution in [0.4, 0.5) is 5.95 Å². The molecule has 0 saturated carbocycles. The van der Waals surface area contributed by atoms with Crippen LogP contribution in [0.1, 0.15) is 58.8 Å². The van der Waals surface area contributed by atoms with E-state index in [1.807, 2.05) is 0 Å². The lowest BCUT2D eigenvalue weighted by molar-refractivity contribution is 0.504. The fraction of sp³-hybridized carbons (Fsp3) is 0.769. The molecule has 0 aliphatic carbocycles. The number of anilines is 1. The van der Waals surface area contributed by atoms with Gasteiger partial charge in [0.15, 0.2) is 0 Å². The molecule has 0 amide bonds. The zero-order chi connectivity index (χ0) is 12.9. The van der Waals surface area contributed by atoms with E-state index in [4.69, 9.17) is 0 Å². The lowest BCUT2D eigenvalue weighted by atomic mass is 9.99. The van der Waals surface area contributed by atoms with Crippen LogP contribution in [-0.2, 0) is 12.8 Å². The van der Waals surface area contributed by atoms with E-state index in [9.17, 15) is 0 Å². The standard InChI is InChI=1S/C13H24N4/c1-6-9-13(4,5)15-12-14-10(7-2)11(8-3)16-17-12/h6-9H2,1-5H3,(H,14,15,17). The fourth-order valence-electron chi connectivity index (χ4n) is 1.98. The molecule has 4 heteroatoms. The highest BCUT2D eigenvalue weighted by Crippen LogP contribution is 2.17. The van der Waals surface area contributed by atoms with E-state index >= 15 is 0 Å². The molecule has 0 saturated heterocycles. The summed E-state index contributed by atoms with van der Waals surface area (Å²) in [5, 5.41) is 11.8. The first-order valence-electron chi connectivity index (χ1n) is 6.53. The third-order valence-corrected chi connectivity index (χ3v) is 2.83. The molecule has 0 bridgehead atoms. The Kier molecular flexibility index (Phi) is 4.85. The van der Waals surface area contributed by atoms with Crippen molar-refractivity contribution < 1.29 is 0 Å². The molecular weight excluding hydrogens is 212 g/mol. The summed E-state index contributed by atoms with van der Waals surface area (Å²) in [6.07, 6.45) is 4.03. The zero-order valence-corrected chi connectivity index (χ0v) is 11.7. The molecule has 0 aromatic carbocycles. The first-order valence-corrected chi connectivity index (χ1v) is 6.53. The van der Waals surface area contributed by atoms with Gasteiger partial charge in [0.2, 0.25) is 5.95 Å². The highest BCUT2D eigenvalue weighted by molar-refractivity contribution is 5.29. The van der Waals surface area contributed by atoms with Crippen molar-refractivity contribution in [3.8, 4) is 0 Å². The van der Waals surface area contributed by atoms with Crippen LogP contribution in [-0.4, -0.2) is 20.7 Å². The molecule has 0 aliphatic heterocycles. The van der Waals surface area contributed by atoms with Crippen LogP contribution in [0.2, 0.25) is 0 Å². The third-order valence-electron chi connectivity index (χ3n) is 2.83. The quantitative estimate of drug-likeness (QED) is 0.825. The minimum atomic E-state index is 0.0230. The van der Waals surface area contributed by atoms with Gasteiger partial charge in [0.1, 0.15) is 0 Å². The summed E-state index contributed by atoms with van der Waals surface area (Å²) in [7, 11) is 0. The highest BCUT2D eigenvalue weighted by atomic mass is 15.3. The number of aromatic nitrogens is 3. The maximum Gasteiger partial charge on any atom is 0.243 e. The minimum absolute atomic E-state index is 0.0230. The summed E-state index contributed by atoms with van der Waals surface area (Å²) in [6.45, 7) is 10.7. The van der Waals surface area contributed by atoms with Crippen molar-refractivity contribution in [3.05, 3.63) is 11.4 Å². The average molecular weight is 236 g/mol. The Bertz CT molecular complexity index is 360. The second-order valence-corrected chi connectivity index (χ2v) is 4.99. The van der Waals surface area contributed by atoms with Gasteiger partial charge in [-0.1, -0.05) is 27.2 Å². The van der Waals surface area contributed by atoms with E-state index in [0.717, 1.165) is 37.1 Å². The van der Waals surface area contributed by atoms with Crippen LogP contribution in [0.15, 0.2) is 0 Å². The van der Waals surface area contributed by atoms with Crippen LogP contribution < -0.4 is 5.32 Å². The predicted molar refractivity (Wildman–Crippen MR) is 71.2 cm³/mol. The van der Waals surface area contributed by atoms with Crippen molar-refractivity contribution in [1.29, 1.82) is 0 Å². The largest absolute Gasteiger partial charge is 0.348 e. The topological polar surface area (TPSA) is 50.7 Å². The molecule has 1 heterocycles. The second-order valence-electron chi connectivity index (χ2n) is 4.99. The van der Waals surface area contributed by atoms with Gasteiger partial charge >= 0.3 is 0 Å². The van der Waals surface area contributed by atoms with Crippen LogP contribution in [0.25, 0.3) is 0 Å². The van der Waals surface area contributed by atoms with E-state index in [2.05, 4.69) is 55.1 Å². The van der Waals surface area contributed by atoms with Crippen molar-refractivity contribution in [1.82, 2.24) is 15.2 Å². The molecule has 1 rings (SSSR count). The van der Waals surface area contributed by atoms with Gasteiger partial charge in [-0.25, -0.2) is 4.98 Å². The number of aryl methyl sites for hydroxylation is 2. The molecule has 0 aliphatic rings. The smallest absolute Gasteiger partial charge is 0.243 e. The normalized spacial score (nSPS) is 11.6. The number of rotatable bonds is 6. The van der Waals surface area contributed by atoms with E-state index in [0.29, 0.717) is 5.95 Å². The van der Waals surface area contributed by atoms with E-state index in [1.54, 1.807) is 0 Å². The van der Waals surface area contributed by atoms with Crippen LogP contribution >= 0.6 is 0 Å². The molecule has 0 radical (unpaired) electrons. The predicted octanol–water partition coefficient (Wildman–Crippen LogP) is 2.99. The van der Waals surface area contributed by atoms with Gasteiger partial charge in [0.25, 0.3) is 0 Å². The van der Waals surface area contributed by atoms with Crippen molar-refractivity contribution in [2.24, 2.45) is 0 Å². The number of nitrogens with zero attached hydrogens (tertiary/aromatic N) is 3. The molecule has 96 valence electrons. The van der Waals surface area contributed by atoms with Crippen molar-refractivity contribution in [2.75, 3.05) is 5.32 Å². The molecular formula is C13H24N4. The number of nitrogens with one attached hydrogen (secondary N) is 1. The van der Waals surface area contributed by atoms with Crippen LogP contribution in [0.3, 0.4) is 0 Å². The molecule has 1 N–H and O–H groups in total. The van der Waals surface area contributed by atoms with Gasteiger partial charge in [-0.3, -0.25) is 0 Å². The van der Waals surface area contributed by atoms with E-state index in [1.165, 1.54) is 0 Å². The van der Waals surface area contributed by atoms with Crippen molar-refractivity contribution >= 4 is 5.95 Å². The summed E-state index contributed by atoms with van der Waals surface area (Å²) in [4.78, 5) is 4.54. The summed E-state index contributed by atoms with van der Waals surface area (Å²) in [5.74, 6) is 0.650. The lowest BCUT2D eigenvalue weighted by Crippen LogP contribution is -2.32. The minimum Gasteiger partial charge on any atom is -0.348 e. The SMILES string of the molecule is CCCC(C)(C)Nc1nnc(CC)c(CC)n1. The van der Waals surface area contributed by atoms with Gasteiger partial charge in [-0.2, -0.15) is 5.10 Å². The van der Waals surface area contributed by atoms with Gasteiger partial charge in [0, 0.05) is 5.54 Å². The molecule has 0 unspecified atom stereocenters. The summed E-state index contributed by atoms with van der Waals surface area (Å²) < 4.78 is 0. The van der Waals surface area contributed by atoms with Gasteiger partial charge in [-0.15, -0.1) is 5.10 Å². The maximum absolute atomic E-state index is 4.54. The maximum atomic E-state index is 4.54. The Balaban J connectivity index is 2.85. The Morgan fingerprint density at radius 1 is 1.00 bits per heavy atom. The second kappa shape index (κ2) is 5.94. The van der Waals surface area contributed by atoms with Crippen molar-refractivity contribution in [2.45, 2.75) is 65.8 Å². The van der Waals surface area contributed by atoms with Crippen LogP contribution in [0.5, 0.6) is 0 Å². The Labute approximate surface area is 104 Å². The molecule has 4 nitrogen and oxygen atoms in total. The summed E-state index contributed by atoms with van der Waals surface area (Å²) in [6, 6.07) is 0. The van der Waals surface area contributed by atoms with E-state index < -0.39 is 0 Å². The lowest BCUT2D eigenvalue weighted by Gasteiger charge is -2.25. The first-order chi connectivity index (χ1) is 8.02. The third kappa shape index (κ3) is 3.95. The highest BCUT2D eigenvalue weighted by Gasteiger charge is 2.18. The Hall–Kier alpha value is -1.19. The summed E-state index contributed by atoms with van der Waals surface area (Å²) >= 11 is 0. The van der Waals surface area contributed by atoms with E-state index in [-0.39, 0.29) is 5.54 Å². The van der Waals surface area contributed by atoms with Gasteiger partial charge in [0.05, 0.1) is 11.4 Å². The van der Waals surface area contributed by atoms with Crippen LogP contribution in [0, 0.1) is 0 Å². The molecule has 0 spiro atoms. The number of hydrogen-bond acceptors (Lipinski definition) is 4. The average Bonchev–Trinajstić information content (AvgIpc) is 2.28.